The molecule has 26 heavy (non-hydrogen) atoms. The van der Waals surface area contributed by atoms with Crippen LogP contribution < -0.4 is 15.5 Å². The number of imide groups is 1. The first-order valence-electron chi connectivity index (χ1n) is 8.48. The summed E-state index contributed by atoms with van der Waals surface area (Å²) in [6.45, 7) is 3.96. The van der Waals surface area contributed by atoms with Gasteiger partial charge in [-0.2, -0.15) is 0 Å². The molecule has 2 aliphatic heterocycles. The Hall–Kier alpha value is -2.55. The molecular formula is C17H20F2N4O3. The van der Waals surface area contributed by atoms with Gasteiger partial charge in [-0.1, -0.05) is 0 Å². The summed E-state index contributed by atoms with van der Waals surface area (Å²) in [5.74, 6) is -2.54. The van der Waals surface area contributed by atoms with E-state index >= 15 is 0 Å². The fourth-order valence-electron chi connectivity index (χ4n) is 3.24. The largest absolute Gasteiger partial charge is 0.337 e. The van der Waals surface area contributed by atoms with E-state index in [1.54, 1.807) is 4.90 Å². The minimum Gasteiger partial charge on any atom is -0.337 e. The number of piperazine rings is 1. The van der Waals surface area contributed by atoms with Gasteiger partial charge in [0, 0.05) is 38.2 Å². The lowest BCUT2D eigenvalue weighted by Gasteiger charge is -2.34. The Bertz CT molecular complexity index is 743. The fourth-order valence-corrected chi connectivity index (χ4v) is 3.24. The molecule has 7 nitrogen and oxygen atoms in total. The third-order valence-corrected chi connectivity index (χ3v) is 4.64. The van der Waals surface area contributed by atoms with Crippen molar-refractivity contribution in [3.8, 4) is 0 Å². The van der Waals surface area contributed by atoms with Gasteiger partial charge in [-0.25, -0.2) is 18.5 Å². The van der Waals surface area contributed by atoms with Crippen molar-refractivity contribution in [1.29, 1.82) is 0 Å². The highest BCUT2D eigenvalue weighted by Gasteiger charge is 2.40. The number of nitrogens with one attached hydrogen (secondary N) is 2. The minimum atomic E-state index is -1.00. The van der Waals surface area contributed by atoms with Crippen molar-refractivity contribution >= 4 is 23.5 Å². The van der Waals surface area contributed by atoms with Crippen LogP contribution in [0.15, 0.2) is 18.2 Å². The second kappa shape index (κ2) is 7.36. The Morgan fingerprint density at radius 1 is 1.31 bits per heavy atom. The quantitative estimate of drug-likeness (QED) is 0.779. The van der Waals surface area contributed by atoms with Gasteiger partial charge in [-0.15, -0.1) is 0 Å². The highest BCUT2D eigenvalue weighted by atomic mass is 19.1. The van der Waals surface area contributed by atoms with E-state index in [4.69, 9.17) is 0 Å². The predicted molar refractivity (Wildman–Crippen MR) is 89.4 cm³/mol. The fraction of sp³-hybridized carbons (Fsp3) is 0.471. The molecule has 0 spiro atoms. The molecule has 2 atom stereocenters. The molecule has 140 valence electrons. The Morgan fingerprint density at radius 2 is 2.08 bits per heavy atom. The van der Waals surface area contributed by atoms with Crippen LogP contribution in [0.5, 0.6) is 0 Å². The first-order valence-corrected chi connectivity index (χ1v) is 8.48. The second-order valence-corrected chi connectivity index (χ2v) is 6.45. The normalized spacial score (nSPS) is 23.3. The van der Waals surface area contributed by atoms with Crippen LogP contribution in [0.4, 0.5) is 19.3 Å². The molecule has 0 aromatic heterocycles. The van der Waals surface area contributed by atoms with E-state index in [-0.39, 0.29) is 30.5 Å². The van der Waals surface area contributed by atoms with Crippen molar-refractivity contribution in [2.75, 3.05) is 24.5 Å². The van der Waals surface area contributed by atoms with E-state index in [9.17, 15) is 23.2 Å². The van der Waals surface area contributed by atoms with Gasteiger partial charge in [0.05, 0.1) is 5.69 Å². The smallest absolute Gasteiger partial charge is 0.329 e. The van der Waals surface area contributed by atoms with Gasteiger partial charge < -0.3 is 15.5 Å². The molecule has 0 aliphatic carbocycles. The maximum Gasteiger partial charge on any atom is 0.329 e. The Balaban J connectivity index is 1.64. The Labute approximate surface area is 149 Å². The van der Waals surface area contributed by atoms with Crippen molar-refractivity contribution in [1.82, 2.24) is 15.5 Å². The van der Waals surface area contributed by atoms with Crippen molar-refractivity contribution in [2.45, 2.75) is 31.8 Å². The summed E-state index contributed by atoms with van der Waals surface area (Å²) in [5.41, 5.74) is -0.307. The molecule has 1 aromatic rings. The summed E-state index contributed by atoms with van der Waals surface area (Å²) < 4.78 is 26.9. The molecule has 4 amide bonds. The van der Waals surface area contributed by atoms with E-state index in [1.807, 2.05) is 6.92 Å². The van der Waals surface area contributed by atoms with Crippen LogP contribution >= 0.6 is 0 Å². The third-order valence-electron chi connectivity index (χ3n) is 4.64. The van der Waals surface area contributed by atoms with Gasteiger partial charge in [0.15, 0.2) is 0 Å². The summed E-state index contributed by atoms with van der Waals surface area (Å²) in [4.78, 5) is 39.3. The van der Waals surface area contributed by atoms with Crippen molar-refractivity contribution in [3.63, 3.8) is 0 Å². The zero-order chi connectivity index (χ0) is 18.8. The average molecular weight is 366 g/mol. The first kappa shape index (κ1) is 18.2. The van der Waals surface area contributed by atoms with Crippen LogP contribution in [0.1, 0.15) is 19.8 Å². The minimum absolute atomic E-state index is 0.0648. The van der Waals surface area contributed by atoms with Gasteiger partial charge in [-0.05, 0) is 25.5 Å². The highest BCUT2D eigenvalue weighted by molar-refractivity contribution is 6.21. The number of hydrogen-bond donors (Lipinski definition) is 2. The Kier molecular flexibility index (Phi) is 5.17. The molecule has 0 saturated carbocycles. The molecule has 1 unspecified atom stereocenters. The molecule has 3 rings (SSSR count). The molecule has 2 saturated heterocycles. The van der Waals surface area contributed by atoms with Gasteiger partial charge in [0.1, 0.15) is 17.7 Å². The predicted octanol–water partition coefficient (Wildman–Crippen LogP) is 0.990. The molecule has 2 N–H and O–H groups in total. The van der Waals surface area contributed by atoms with Crippen LogP contribution in [-0.4, -0.2) is 54.5 Å². The van der Waals surface area contributed by atoms with Crippen LogP contribution in [-0.2, 0) is 9.59 Å². The standard InChI is InChI=1S/C17H20F2N4O3/c1-10-9-20-6-7-22(10)15(24)5-3-13-16(25)23(17(26)21-13)14-4-2-11(18)8-12(14)19/h2,4,8,10,13,20H,3,5-7,9H2,1H3,(H,21,26)/t10-,13?/m1/s1. The van der Waals surface area contributed by atoms with Crippen LogP contribution in [0.25, 0.3) is 0 Å². The monoisotopic (exact) mass is 366 g/mol. The first-order chi connectivity index (χ1) is 12.4. The number of hydrogen-bond acceptors (Lipinski definition) is 4. The third kappa shape index (κ3) is 3.52. The number of carbonyl (C=O) groups excluding carboxylic acids is 3. The molecule has 9 heteroatoms. The number of benzene rings is 1. The van der Waals surface area contributed by atoms with Crippen LogP contribution in [0.2, 0.25) is 0 Å². The van der Waals surface area contributed by atoms with Crippen LogP contribution in [0.3, 0.4) is 0 Å². The zero-order valence-corrected chi connectivity index (χ0v) is 14.3. The molecule has 2 heterocycles. The number of urea groups is 1. The van der Waals surface area contributed by atoms with E-state index in [1.165, 1.54) is 0 Å². The lowest BCUT2D eigenvalue weighted by molar-refractivity contribution is -0.134. The molecule has 0 radical (unpaired) electrons. The number of carbonyl (C=O) groups is 3. The average Bonchev–Trinajstić information content (AvgIpc) is 2.87. The molecule has 2 fully saturated rings. The lowest BCUT2D eigenvalue weighted by atomic mass is 10.1. The summed E-state index contributed by atoms with van der Waals surface area (Å²) in [5, 5.41) is 5.65. The number of rotatable bonds is 4. The highest BCUT2D eigenvalue weighted by Crippen LogP contribution is 2.25. The summed E-state index contributed by atoms with van der Waals surface area (Å²) in [7, 11) is 0. The van der Waals surface area contributed by atoms with Gasteiger partial charge in [0.25, 0.3) is 5.91 Å². The summed E-state index contributed by atoms with van der Waals surface area (Å²) in [6.07, 6.45) is 0.222. The summed E-state index contributed by atoms with van der Waals surface area (Å²) >= 11 is 0. The SMILES string of the molecule is C[C@@H]1CNCCN1C(=O)CCC1NC(=O)N(c2ccc(F)cc2F)C1=O. The Morgan fingerprint density at radius 3 is 2.77 bits per heavy atom. The molecule has 1 aromatic carbocycles. The van der Waals surface area contributed by atoms with E-state index in [2.05, 4.69) is 10.6 Å². The molecule has 0 bridgehead atoms. The number of amides is 4. The van der Waals surface area contributed by atoms with Gasteiger partial charge in [0.2, 0.25) is 5.91 Å². The van der Waals surface area contributed by atoms with Crippen molar-refractivity contribution < 1.29 is 23.2 Å². The molecule has 2 aliphatic rings. The van der Waals surface area contributed by atoms with Crippen molar-refractivity contribution in [3.05, 3.63) is 29.8 Å². The summed E-state index contributed by atoms with van der Waals surface area (Å²) in [6, 6.07) is 0.996. The van der Waals surface area contributed by atoms with E-state index in [0.717, 1.165) is 12.1 Å². The second-order valence-electron chi connectivity index (χ2n) is 6.45. The molecular weight excluding hydrogens is 346 g/mol. The lowest BCUT2D eigenvalue weighted by Crippen LogP contribution is -2.52. The number of nitrogens with zero attached hydrogens (tertiary/aromatic N) is 2. The van der Waals surface area contributed by atoms with Crippen LogP contribution in [0, 0.1) is 11.6 Å². The maximum absolute atomic E-state index is 13.9. The number of anilines is 1. The van der Waals surface area contributed by atoms with Crippen molar-refractivity contribution in [2.24, 2.45) is 0 Å². The van der Waals surface area contributed by atoms with Gasteiger partial charge >= 0.3 is 6.03 Å². The van der Waals surface area contributed by atoms with E-state index in [0.29, 0.717) is 30.6 Å². The topological polar surface area (TPSA) is 81.8 Å². The number of halogens is 2. The maximum atomic E-state index is 13.9. The van der Waals surface area contributed by atoms with Gasteiger partial charge in [-0.3, -0.25) is 9.59 Å². The van der Waals surface area contributed by atoms with E-state index < -0.39 is 29.6 Å². The zero-order valence-electron chi connectivity index (χ0n) is 14.3.